The average Bonchev–Trinajstić information content (AvgIpc) is 3.32. The number of phosphoric acid groups is 1. The molecular weight excluding hydrogens is 874 g/mol. The van der Waals surface area contributed by atoms with Gasteiger partial charge in [-0.1, -0.05) is 255 Å². The molecule has 0 rings (SSSR count). The van der Waals surface area contributed by atoms with Crippen LogP contribution in [0.5, 0.6) is 0 Å². The van der Waals surface area contributed by atoms with E-state index in [1.54, 1.807) is 0 Å². The van der Waals surface area contributed by atoms with E-state index in [0.29, 0.717) is 13.0 Å². The Hall–Kier alpha value is -2.07. The quantitative estimate of drug-likeness (QED) is 0.0232. The lowest BCUT2D eigenvalue weighted by atomic mass is 10.0. The molecule has 0 aromatic heterocycles. The minimum Gasteiger partial charge on any atom is -0.480 e. The van der Waals surface area contributed by atoms with E-state index in [-0.39, 0.29) is 13.0 Å². The first-order chi connectivity index (χ1) is 33.2. The second-order valence-electron chi connectivity index (χ2n) is 19.0. The molecule has 0 aliphatic heterocycles. The largest absolute Gasteiger partial charge is 0.480 e. The van der Waals surface area contributed by atoms with Crippen molar-refractivity contribution in [2.24, 2.45) is 5.73 Å². The maximum absolute atomic E-state index is 12.7. The van der Waals surface area contributed by atoms with Crippen LogP contribution in [0.2, 0.25) is 0 Å². The van der Waals surface area contributed by atoms with Crippen molar-refractivity contribution in [2.45, 2.75) is 276 Å². The van der Waals surface area contributed by atoms with Crippen molar-refractivity contribution >= 4 is 19.8 Å². The predicted molar refractivity (Wildman–Crippen MR) is 286 cm³/mol. The van der Waals surface area contributed by atoms with Crippen LogP contribution in [-0.2, 0) is 32.7 Å². The van der Waals surface area contributed by atoms with Crippen LogP contribution in [0.3, 0.4) is 0 Å². The molecule has 0 aromatic rings. The van der Waals surface area contributed by atoms with Crippen molar-refractivity contribution in [3.63, 3.8) is 0 Å². The van der Waals surface area contributed by atoms with Crippen LogP contribution in [0.25, 0.3) is 0 Å². The van der Waals surface area contributed by atoms with E-state index in [9.17, 15) is 19.0 Å². The fourth-order valence-corrected chi connectivity index (χ4v) is 8.85. The molecule has 10 nitrogen and oxygen atoms in total. The zero-order valence-electron chi connectivity index (χ0n) is 44.0. The fraction of sp³-hybridized carbons (Fsp3) is 0.825. The average molecular weight is 980 g/mol. The van der Waals surface area contributed by atoms with Crippen molar-refractivity contribution in [1.29, 1.82) is 0 Å². The summed E-state index contributed by atoms with van der Waals surface area (Å²) in [6, 6.07) is -1.47. The van der Waals surface area contributed by atoms with E-state index < -0.39 is 45.1 Å². The van der Waals surface area contributed by atoms with E-state index in [0.717, 1.165) is 57.8 Å². The highest BCUT2D eigenvalue weighted by molar-refractivity contribution is 7.47. The number of esters is 1. The number of carboxylic acid groups (broad SMARTS) is 1. The van der Waals surface area contributed by atoms with Crippen LogP contribution in [0.1, 0.15) is 264 Å². The van der Waals surface area contributed by atoms with Gasteiger partial charge in [0, 0.05) is 13.0 Å². The van der Waals surface area contributed by atoms with Gasteiger partial charge in [-0.3, -0.25) is 18.6 Å². The topological polar surface area (TPSA) is 155 Å². The summed E-state index contributed by atoms with van der Waals surface area (Å²) in [6.45, 7) is 3.82. The summed E-state index contributed by atoms with van der Waals surface area (Å²) in [5.41, 5.74) is 5.39. The summed E-state index contributed by atoms with van der Waals surface area (Å²) in [4.78, 5) is 33.8. The number of aliphatic carboxylic acids is 1. The van der Waals surface area contributed by atoms with Crippen LogP contribution in [0.15, 0.2) is 48.6 Å². The number of nitrogens with two attached hydrogens (primary N) is 1. The zero-order valence-corrected chi connectivity index (χ0v) is 44.9. The van der Waals surface area contributed by atoms with Crippen LogP contribution in [-0.4, -0.2) is 60.5 Å². The third-order valence-corrected chi connectivity index (χ3v) is 13.3. The summed E-state index contributed by atoms with van der Waals surface area (Å²) in [5.74, 6) is -1.77. The van der Waals surface area contributed by atoms with Gasteiger partial charge in [0.1, 0.15) is 12.1 Å². The predicted octanol–water partition coefficient (Wildman–Crippen LogP) is 16.9. The Morgan fingerprint density at radius 1 is 0.485 bits per heavy atom. The summed E-state index contributed by atoms with van der Waals surface area (Å²) in [5, 5.41) is 8.95. The Balaban J connectivity index is 4.06. The van der Waals surface area contributed by atoms with Gasteiger partial charge in [-0.05, 0) is 51.4 Å². The Morgan fingerprint density at radius 2 is 0.853 bits per heavy atom. The normalized spacial score (nSPS) is 13.9. The van der Waals surface area contributed by atoms with Crippen LogP contribution in [0, 0.1) is 0 Å². The van der Waals surface area contributed by atoms with E-state index in [1.165, 1.54) is 180 Å². The first-order valence-electron chi connectivity index (χ1n) is 28.2. The molecule has 68 heavy (non-hydrogen) atoms. The Kier molecular flexibility index (Phi) is 51.1. The van der Waals surface area contributed by atoms with Gasteiger partial charge in [0.15, 0.2) is 0 Å². The Labute approximate surface area is 418 Å². The van der Waals surface area contributed by atoms with Gasteiger partial charge in [0.05, 0.1) is 19.8 Å². The highest BCUT2D eigenvalue weighted by atomic mass is 31.2. The summed E-state index contributed by atoms with van der Waals surface area (Å²) in [6.07, 6.45) is 64.6. The standard InChI is InChI=1S/C57H106NO9P/c1-3-5-7-9-11-13-15-17-19-21-23-25-27-28-30-32-34-36-38-40-42-44-46-48-50-64-51-54(52-65-68(62,63)66-53-55(58)57(60)61)67-56(59)49-47-45-43-41-39-37-35-33-31-29-26-24-22-20-18-16-14-12-10-8-6-4-2/h5,7,11,13,17,19,23,25,54-55H,3-4,6,8-10,12,14-16,18,20-22,24,26-53,58H2,1-2H3,(H,60,61)(H,62,63)/b7-5-,13-11-,19-17-,25-23-. The minimum atomic E-state index is -4.63. The van der Waals surface area contributed by atoms with E-state index in [1.807, 2.05) is 0 Å². The van der Waals surface area contributed by atoms with E-state index in [2.05, 4.69) is 62.5 Å². The third kappa shape index (κ3) is 51.8. The van der Waals surface area contributed by atoms with Gasteiger partial charge < -0.3 is 25.2 Å². The maximum atomic E-state index is 12.7. The Bertz CT molecular complexity index is 1270. The number of rotatable bonds is 54. The molecule has 0 fully saturated rings. The lowest BCUT2D eigenvalue weighted by molar-refractivity contribution is -0.154. The van der Waals surface area contributed by atoms with Crippen LogP contribution >= 0.6 is 7.82 Å². The van der Waals surface area contributed by atoms with Crippen LogP contribution < -0.4 is 5.73 Å². The lowest BCUT2D eigenvalue weighted by Crippen LogP contribution is -2.34. The van der Waals surface area contributed by atoms with E-state index in [4.69, 9.17) is 29.4 Å². The first-order valence-corrected chi connectivity index (χ1v) is 29.7. The summed E-state index contributed by atoms with van der Waals surface area (Å²) in [7, 11) is -4.63. The molecule has 0 saturated heterocycles. The SMILES string of the molecule is CC/C=C\C/C=C\C/C=C\C/C=C\CCCCCCCCCCCCCOCC(COP(=O)(O)OCC(N)C(=O)O)OC(=O)CCCCCCCCCCCCCCCCCCCCCCCC. The first kappa shape index (κ1) is 65.9. The lowest BCUT2D eigenvalue weighted by Gasteiger charge is -2.20. The number of carbonyl (C=O) groups excluding carboxylic acids is 1. The number of ether oxygens (including phenoxy) is 2. The highest BCUT2D eigenvalue weighted by Gasteiger charge is 2.27. The fourth-order valence-electron chi connectivity index (χ4n) is 8.07. The molecule has 398 valence electrons. The maximum Gasteiger partial charge on any atom is 0.472 e. The molecule has 0 bridgehead atoms. The molecule has 0 amide bonds. The molecule has 0 aromatic carbocycles. The van der Waals surface area contributed by atoms with Crippen LogP contribution in [0.4, 0.5) is 0 Å². The monoisotopic (exact) mass is 980 g/mol. The second-order valence-corrected chi connectivity index (χ2v) is 20.5. The smallest absolute Gasteiger partial charge is 0.472 e. The molecule has 0 heterocycles. The van der Waals surface area contributed by atoms with Crippen molar-refractivity contribution in [3.05, 3.63) is 48.6 Å². The second kappa shape index (κ2) is 52.7. The molecule has 0 saturated carbocycles. The third-order valence-electron chi connectivity index (χ3n) is 12.4. The number of carbonyl (C=O) groups is 2. The molecule has 0 radical (unpaired) electrons. The zero-order chi connectivity index (χ0) is 49.7. The molecule has 4 N–H and O–H groups in total. The number of hydrogen-bond acceptors (Lipinski definition) is 8. The van der Waals surface area contributed by atoms with Gasteiger partial charge in [0.25, 0.3) is 0 Å². The molecule has 11 heteroatoms. The van der Waals surface area contributed by atoms with Crippen molar-refractivity contribution in [1.82, 2.24) is 0 Å². The summed E-state index contributed by atoms with van der Waals surface area (Å²) >= 11 is 0. The van der Waals surface area contributed by atoms with Gasteiger partial charge >= 0.3 is 19.8 Å². The molecule has 0 aliphatic carbocycles. The van der Waals surface area contributed by atoms with E-state index >= 15 is 0 Å². The molecule has 3 atom stereocenters. The highest BCUT2D eigenvalue weighted by Crippen LogP contribution is 2.43. The van der Waals surface area contributed by atoms with Crippen molar-refractivity contribution < 1.29 is 42.7 Å². The molecule has 0 aliphatic rings. The number of unbranched alkanes of at least 4 members (excludes halogenated alkanes) is 32. The van der Waals surface area contributed by atoms with Gasteiger partial charge in [-0.2, -0.15) is 0 Å². The number of carboxylic acids is 1. The number of phosphoric ester groups is 1. The van der Waals surface area contributed by atoms with Gasteiger partial charge in [0.2, 0.25) is 0 Å². The number of allylic oxidation sites excluding steroid dienone is 8. The van der Waals surface area contributed by atoms with Crippen molar-refractivity contribution in [2.75, 3.05) is 26.4 Å². The molecular formula is C57H106NO9P. The van der Waals surface area contributed by atoms with Gasteiger partial charge in [-0.25, -0.2) is 4.57 Å². The number of hydrogen-bond donors (Lipinski definition) is 3. The van der Waals surface area contributed by atoms with Gasteiger partial charge in [-0.15, -0.1) is 0 Å². The van der Waals surface area contributed by atoms with Crippen molar-refractivity contribution in [3.8, 4) is 0 Å². The Morgan fingerprint density at radius 3 is 1.28 bits per heavy atom. The minimum absolute atomic E-state index is 0.0170. The molecule has 3 unspecified atom stereocenters. The summed E-state index contributed by atoms with van der Waals surface area (Å²) < 4.78 is 33.6. The molecule has 0 spiro atoms.